The minimum Gasteiger partial charge on any atom is -0.473 e. The molecule has 2 heterocycles. The zero-order valence-corrected chi connectivity index (χ0v) is 18.3. The number of fused-ring (bicyclic) bond motifs is 4. The smallest absolute Gasteiger partial charge is 0.208 e. The van der Waals surface area contributed by atoms with Crippen LogP contribution in [0.5, 0.6) is 0 Å². The number of benzene rings is 2. The van der Waals surface area contributed by atoms with Crippen molar-refractivity contribution in [1.29, 1.82) is 5.41 Å². The van der Waals surface area contributed by atoms with E-state index in [1.165, 1.54) is 27.1 Å². The standard InChI is InChI=1S/C24H29N3OS/c1-17-7-4-8-18(2)24(17)22-14-23(25)28-20-10-6-12-27(16-20)15-19-9-5-11-21(13-19)29-26(22)3/h4-5,7-9,11,13-14,20,25H,6,10,12,15-16H2,1-3H3/b22-14-,25-23?. The van der Waals surface area contributed by atoms with Crippen molar-refractivity contribution in [3.8, 4) is 0 Å². The summed E-state index contributed by atoms with van der Waals surface area (Å²) >= 11 is 1.70. The van der Waals surface area contributed by atoms with Gasteiger partial charge in [0, 0.05) is 36.7 Å². The fraction of sp³-hybridized carbons (Fsp3) is 0.375. The summed E-state index contributed by atoms with van der Waals surface area (Å²) in [5.41, 5.74) is 5.92. The molecule has 29 heavy (non-hydrogen) atoms. The molecule has 5 heteroatoms. The van der Waals surface area contributed by atoms with Gasteiger partial charge in [-0.1, -0.05) is 30.3 Å². The van der Waals surface area contributed by atoms with Gasteiger partial charge in [-0.25, -0.2) is 0 Å². The first-order valence-electron chi connectivity index (χ1n) is 10.3. The number of aryl methyl sites for hydroxylation is 2. The van der Waals surface area contributed by atoms with Crippen LogP contribution in [0, 0.1) is 19.3 Å². The Morgan fingerprint density at radius 1 is 1.10 bits per heavy atom. The molecule has 2 atom stereocenters. The Bertz CT molecular complexity index is 919. The van der Waals surface area contributed by atoms with Crippen LogP contribution in [0.4, 0.5) is 0 Å². The molecule has 4 rings (SSSR count). The molecule has 2 aliphatic rings. The van der Waals surface area contributed by atoms with Gasteiger partial charge < -0.3 is 9.04 Å². The SMILES string of the molecule is Cc1cccc(C)c1/C1=C/C(=N)OC2CCCN(Cc3cccc(c3)SN1C)C2. The van der Waals surface area contributed by atoms with Gasteiger partial charge in [0.15, 0.2) is 0 Å². The van der Waals surface area contributed by atoms with Gasteiger partial charge in [-0.05, 0) is 74.0 Å². The quantitative estimate of drug-likeness (QED) is 0.655. The van der Waals surface area contributed by atoms with Crippen LogP contribution in [-0.2, 0) is 11.3 Å². The van der Waals surface area contributed by atoms with E-state index >= 15 is 0 Å². The Kier molecular flexibility index (Phi) is 5.97. The normalized spacial score (nSPS) is 24.4. The number of hydrogen-bond donors (Lipinski definition) is 1. The highest BCUT2D eigenvalue weighted by Gasteiger charge is 2.23. The lowest BCUT2D eigenvalue weighted by Gasteiger charge is -2.32. The fourth-order valence-electron chi connectivity index (χ4n) is 4.30. The molecule has 2 aromatic rings. The molecule has 2 aromatic carbocycles. The summed E-state index contributed by atoms with van der Waals surface area (Å²) in [6.07, 6.45) is 4.09. The summed E-state index contributed by atoms with van der Waals surface area (Å²) in [5, 5.41) is 8.56. The Hall–Kier alpha value is -2.24. The summed E-state index contributed by atoms with van der Waals surface area (Å²) in [7, 11) is 2.07. The molecule has 0 amide bonds. The molecule has 2 unspecified atom stereocenters. The van der Waals surface area contributed by atoms with Crippen LogP contribution in [0.1, 0.15) is 35.1 Å². The van der Waals surface area contributed by atoms with Gasteiger partial charge in [0.25, 0.3) is 0 Å². The molecular formula is C24H29N3OS. The van der Waals surface area contributed by atoms with E-state index in [4.69, 9.17) is 10.1 Å². The lowest BCUT2D eigenvalue weighted by molar-refractivity contribution is 0.0763. The van der Waals surface area contributed by atoms with Crippen molar-refractivity contribution < 1.29 is 4.74 Å². The van der Waals surface area contributed by atoms with Crippen molar-refractivity contribution in [2.75, 3.05) is 20.1 Å². The van der Waals surface area contributed by atoms with E-state index in [1.54, 1.807) is 11.9 Å². The van der Waals surface area contributed by atoms with E-state index in [2.05, 4.69) is 72.6 Å². The average molecular weight is 408 g/mol. The van der Waals surface area contributed by atoms with Crippen LogP contribution >= 0.6 is 11.9 Å². The first-order chi connectivity index (χ1) is 14.0. The van der Waals surface area contributed by atoms with Crippen molar-refractivity contribution in [2.45, 2.75) is 44.2 Å². The van der Waals surface area contributed by atoms with Crippen LogP contribution in [-0.4, -0.2) is 41.3 Å². The van der Waals surface area contributed by atoms with Crippen molar-refractivity contribution in [3.05, 3.63) is 70.8 Å². The third kappa shape index (κ3) is 4.68. The molecule has 1 N–H and O–H groups in total. The lowest BCUT2D eigenvalue weighted by atomic mass is 9.99. The second-order valence-corrected chi connectivity index (χ2v) is 9.22. The molecule has 4 nitrogen and oxygen atoms in total. The third-order valence-electron chi connectivity index (χ3n) is 5.65. The van der Waals surface area contributed by atoms with Gasteiger partial charge >= 0.3 is 0 Å². The van der Waals surface area contributed by atoms with E-state index in [9.17, 15) is 0 Å². The molecular weight excluding hydrogens is 378 g/mol. The predicted molar refractivity (Wildman–Crippen MR) is 121 cm³/mol. The summed E-state index contributed by atoms with van der Waals surface area (Å²) in [6, 6.07) is 15.2. The molecule has 1 fully saturated rings. The Morgan fingerprint density at radius 2 is 1.86 bits per heavy atom. The molecule has 0 saturated carbocycles. The first-order valence-corrected chi connectivity index (χ1v) is 11.0. The van der Waals surface area contributed by atoms with Gasteiger partial charge in [0.2, 0.25) is 5.90 Å². The zero-order valence-electron chi connectivity index (χ0n) is 17.4. The molecule has 4 bridgehead atoms. The summed E-state index contributed by atoms with van der Waals surface area (Å²) in [4.78, 5) is 3.66. The zero-order chi connectivity index (χ0) is 20.4. The second-order valence-electron chi connectivity index (χ2n) is 8.01. The first kappa shape index (κ1) is 20.0. The Balaban J connectivity index is 1.77. The highest BCUT2D eigenvalue weighted by atomic mass is 32.2. The summed E-state index contributed by atoms with van der Waals surface area (Å²) in [6.45, 7) is 7.17. The van der Waals surface area contributed by atoms with Crippen LogP contribution < -0.4 is 0 Å². The van der Waals surface area contributed by atoms with Crippen LogP contribution in [0.2, 0.25) is 0 Å². The molecule has 0 radical (unpaired) electrons. The van der Waals surface area contributed by atoms with E-state index in [0.717, 1.165) is 38.2 Å². The maximum atomic E-state index is 8.56. The van der Waals surface area contributed by atoms with E-state index in [1.807, 2.05) is 6.08 Å². The maximum Gasteiger partial charge on any atom is 0.208 e. The molecule has 0 aliphatic carbocycles. The van der Waals surface area contributed by atoms with Gasteiger partial charge in [-0.2, -0.15) is 0 Å². The van der Waals surface area contributed by atoms with E-state index in [0.29, 0.717) is 0 Å². The second kappa shape index (κ2) is 8.64. The van der Waals surface area contributed by atoms with Crippen LogP contribution in [0.3, 0.4) is 0 Å². The molecule has 0 aromatic heterocycles. The Morgan fingerprint density at radius 3 is 2.66 bits per heavy atom. The summed E-state index contributed by atoms with van der Waals surface area (Å²) in [5.74, 6) is 0.243. The maximum absolute atomic E-state index is 8.56. The van der Waals surface area contributed by atoms with Gasteiger partial charge in [0.05, 0.1) is 5.70 Å². The predicted octanol–water partition coefficient (Wildman–Crippen LogP) is 5.26. The third-order valence-corrected chi connectivity index (χ3v) is 6.58. The molecule has 1 saturated heterocycles. The number of hydrogen-bond acceptors (Lipinski definition) is 5. The number of rotatable bonds is 1. The molecule has 0 spiro atoms. The van der Waals surface area contributed by atoms with Crippen molar-refractivity contribution in [1.82, 2.24) is 9.21 Å². The van der Waals surface area contributed by atoms with Crippen molar-refractivity contribution in [2.24, 2.45) is 0 Å². The summed E-state index contributed by atoms with van der Waals surface area (Å²) < 4.78 is 8.27. The average Bonchev–Trinajstić information content (AvgIpc) is 2.67. The minimum atomic E-state index is 0.0774. The highest BCUT2D eigenvalue weighted by Crippen LogP contribution is 2.34. The van der Waals surface area contributed by atoms with Crippen molar-refractivity contribution >= 4 is 23.5 Å². The van der Waals surface area contributed by atoms with Crippen LogP contribution in [0.15, 0.2) is 53.4 Å². The molecule has 152 valence electrons. The van der Waals surface area contributed by atoms with E-state index in [-0.39, 0.29) is 12.0 Å². The van der Waals surface area contributed by atoms with Gasteiger partial charge in [-0.15, -0.1) is 0 Å². The van der Waals surface area contributed by atoms with Crippen LogP contribution in [0.25, 0.3) is 5.70 Å². The fourth-order valence-corrected chi connectivity index (χ4v) is 5.20. The largest absolute Gasteiger partial charge is 0.473 e. The lowest BCUT2D eigenvalue weighted by Crippen LogP contribution is -2.39. The topological polar surface area (TPSA) is 39.6 Å². The number of piperidine rings is 1. The minimum absolute atomic E-state index is 0.0774. The Labute approximate surface area is 178 Å². The van der Waals surface area contributed by atoms with Crippen molar-refractivity contribution in [3.63, 3.8) is 0 Å². The number of nitrogens with zero attached hydrogens (tertiary/aromatic N) is 2. The number of nitrogens with one attached hydrogen (secondary N) is 1. The number of ether oxygens (including phenoxy) is 1. The van der Waals surface area contributed by atoms with Gasteiger partial charge in [0.1, 0.15) is 6.10 Å². The molecule has 2 aliphatic heterocycles. The highest BCUT2D eigenvalue weighted by molar-refractivity contribution is 7.97. The monoisotopic (exact) mass is 407 g/mol. The van der Waals surface area contributed by atoms with E-state index < -0.39 is 0 Å². The van der Waals surface area contributed by atoms with Gasteiger partial charge in [-0.3, -0.25) is 10.3 Å².